The Hall–Kier alpha value is -1.58. The third-order valence-corrected chi connectivity index (χ3v) is 2.44. The number of hydrogen-bond donors (Lipinski definition) is 1. The Balaban J connectivity index is 3.00. The van der Waals surface area contributed by atoms with Gasteiger partial charge in [-0.2, -0.15) is 5.10 Å². The number of aromatic nitrogens is 3. The smallest absolute Gasteiger partial charge is 0.155 e. The van der Waals surface area contributed by atoms with E-state index in [-0.39, 0.29) is 0 Å². The molecule has 68 valence electrons. The van der Waals surface area contributed by atoms with Gasteiger partial charge in [0, 0.05) is 29.7 Å². The summed E-state index contributed by atoms with van der Waals surface area (Å²) in [5.41, 5.74) is 7.81. The van der Waals surface area contributed by atoms with E-state index in [0.29, 0.717) is 5.82 Å². The molecule has 2 rings (SSSR count). The minimum Gasteiger partial charge on any atom is -0.382 e. The molecule has 0 saturated heterocycles. The van der Waals surface area contributed by atoms with Gasteiger partial charge in [0.15, 0.2) is 5.82 Å². The van der Waals surface area contributed by atoms with Crippen LogP contribution >= 0.6 is 0 Å². The van der Waals surface area contributed by atoms with Crippen LogP contribution in [-0.4, -0.2) is 14.8 Å². The number of anilines is 1. The molecule has 0 unspecified atom stereocenters. The fourth-order valence-corrected chi connectivity index (χ4v) is 1.56. The number of nitrogens with zero attached hydrogens (tertiary/aromatic N) is 3. The van der Waals surface area contributed by atoms with Gasteiger partial charge in [0.05, 0.1) is 5.69 Å². The van der Waals surface area contributed by atoms with Gasteiger partial charge < -0.3 is 10.3 Å². The van der Waals surface area contributed by atoms with Crippen molar-refractivity contribution in [1.82, 2.24) is 14.8 Å². The predicted molar refractivity (Wildman–Crippen MR) is 52.4 cm³/mol. The zero-order chi connectivity index (χ0) is 9.59. The molecule has 0 fully saturated rings. The number of nitrogen functional groups attached to an aromatic ring is 1. The highest BCUT2D eigenvalue weighted by atomic mass is 15.1. The third-order valence-electron chi connectivity index (χ3n) is 2.44. The normalized spacial score (nSPS) is 11.0. The molecule has 0 saturated carbocycles. The number of nitrogens with two attached hydrogens (primary N) is 1. The Kier molecular flexibility index (Phi) is 1.52. The van der Waals surface area contributed by atoms with Crippen LogP contribution in [0.2, 0.25) is 0 Å². The SMILES string of the molecule is Cc1nnc(N)c2c(C)n(C)cc12. The Morgan fingerprint density at radius 1 is 1.31 bits per heavy atom. The number of fused-ring (bicyclic) bond motifs is 1. The van der Waals surface area contributed by atoms with Crippen molar-refractivity contribution in [3.63, 3.8) is 0 Å². The van der Waals surface area contributed by atoms with E-state index in [2.05, 4.69) is 10.2 Å². The van der Waals surface area contributed by atoms with Crippen LogP contribution in [0.3, 0.4) is 0 Å². The zero-order valence-corrected chi connectivity index (χ0v) is 8.00. The molecule has 0 aromatic carbocycles. The topological polar surface area (TPSA) is 56.7 Å². The summed E-state index contributed by atoms with van der Waals surface area (Å²) in [6.45, 7) is 3.97. The lowest BCUT2D eigenvalue weighted by molar-refractivity contribution is 0.889. The summed E-state index contributed by atoms with van der Waals surface area (Å²) in [6.07, 6.45) is 2.03. The van der Waals surface area contributed by atoms with E-state index in [1.165, 1.54) is 0 Å². The maximum Gasteiger partial charge on any atom is 0.155 e. The van der Waals surface area contributed by atoms with Crippen molar-refractivity contribution in [3.8, 4) is 0 Å². The van der Waals surface area contributed by atoms with Crippen LogP contribution in [0.5, 0.6) is 0 Å². The van der Waals surface area contributed by atoms with Crippen LogP contribution < -0.4 is 5.73 Å². The molecule has 0 atom stereocenters. The molecule has 13 heavy (non-hydrogen) atoms. The molecular formula is C9H12N4. The quantitative estimate of drug-likeness (QED) is 0.655. The molecule has 0 bridgehead atoms. The molecule has 0 aliphatic heterocycles. The average molecular weight is 176 g/mol. The van der Waals surface area contributed by atoms with Crippen molar-refractivity contribution >= 4 is 16.6 Å². The summed E-state index contributed by atoms with van der Waals surface area (Å²) < 4.78 is 2.04. The first kappa shape index (κ1) is 8.04. The second kappa shape index (κ2) is 2.45. The van der Waals surface area contributed by atoms with Crippen LogP contribution in [-0.2, 0) is 7.05 Å². The highest BCUT2D eigenvalue weighted by molar-refractivity contribution is 5.94. The summed E-state index contributed by atoms with van der Waals surface area (Å²) >= 11 is 0. The summed E-state index contributed by atoms with van der Waals surface area (Å²) in [6, 6.07) is 0. The van der Waals surface area contributed by atoms with E-state index in [1.807, 2.05) is 31.7 Å². The first-order valence-electron chi connectivity index (χ1n) is 4.15. The second-order valence-electron chi connectivity index (χ2n) is 3.28. The lowest BCUT2D eigenvalue weighted by atomic mass is 10.2. The van der Waals surface area contributed by atoms with Gasteiger partial charge in [-0.1, -0.05) is 0 Å². The number of aryl methyl sites for hydroxylation is 3. The van der Waals surface area contributed by atoms with Crippen molar-refractivity contribution in [3.05, 3.63) is 17.6 Å². The summed E-state index contributed by atoms with van der Waals surface area (Å²) in [4.78, 5) is 0. The lowest BCUT2D eigenvalue weighted by Crippen LogP contribution is -1.96. The molecule has 2 N–H and O–H groups in total. The first-order chi connectivity index (χ1) is 6.11. The van der Waals surface area contributed by atoms with Gasteiger partial charge in [-0.3, -0.25) is 0 Å². The van der Waals surface area contributed by atoms with Gasteiger partial charge in [0.1, 0.15) is 0 Å². The monoisotopic (exact) mass is 176 g/mol. The maximum absolute atomic E-state index is 5.75. The molecule has 4 nitrogen and oxygen atoms in total. The Morgan fingerprint density at radius 2 is 2.00 bits per heavy atom. The molecular weight excluding hydrogens is 164 g/mol. The number of rotatable bonds is 0. The van der Waals surface area contributed by atoms with Crippen LogP contribution in [0.1, 0.15) is 11.4 Å². The number of hydrogen-bond acceptors (Lipinski definition) is 3. The molecule has 0 spiro atoms. The third kappa shape index (κ3) is 0.983. The van der Waals surface area contributed by atoms with Crippen LogP contribution in [0.25, 0.3) is 10.8 Å². The van der Waals surface area contributed by atoms with Crippen LogP contribution in [0, 0.1) is 13.8 Å². The highest BCUT2D eigenvalue weighted by Crippen LogP contribution is 2.25. The Bertz CT molecular complexity index is 470. The van der Waals surface area contributed by atoms with Crippen molar-refractivity contribution in [2.45, 2.75) is 13.8 Å². The van der Waals surface area contributed by atoms with E-state index in [0.717, 1.165) is 22.2 Å². The molecule has 0 radical (unpaired) electrons. The predicted octanol–water partition coefficient (Wildman–Crippen LogP) is 1.17. The van der Waals surface area contributed by atoms with Gasteiger partial charge in [-0.15, -0.1) is 5.10 Å². The van der Waals surface area contributed by atoms with Crippen molar-refractivity contribution < 1.29 is 0 Å². The van der Waals surface area contributed by atoms with Gasteiger partial charge in [-0.05, 0) is 13.8 Å². The molecule has 4 heteroatoms. The fourth-order valence-electron chi connectivity index (χ4n) is 1.56. The van der Waals surface area contributed by atoms with Crippen molar-refractivity contribution in [2.75, 3.05) is 5.73 Å². The van der Waals surface area contributed by atoms with Gasteiger partial charge >= 0.3 is 0 Å². The van der Waals surface area contributed by atoms with Crippen LogP contribution in [0.4, 0.5) is 5.82 Å². The van der Waals surface area contributed by atoms with Crippen molar-refractivity contribution in [1.29, 1.82) is 0 Å². The Morgan fingerprint density at radius 3 is 2.62 bits per heavy atom. The molecule has 0 aliphatic rings. The first-order valence-corrected chi connectivity index (χ1v) is 4.15. The summed E-state index contributed by atoms with van der Waals surface area (Å²) in [7, 11) is 1.99. The molecule has 0 aliphatic carbocycles. The second-order valence-corrected chi connectivity index (χ2v) is 3.28. The minimum atomic E-state index is 0.513. The fraction of sp³-hybridized carbons (Fsp3) is 0.333. The average Bonchev–Trinajstić information content (AvgIpc) is 2.38. The molecule has 2 aromatic rings. The molecule has 2 aromatic heterocycles. The standard InChI is InChI=1S/C9H12N4/c1-5-7-4-13(3)6(2)8(7)9(10)12-11-5/h4H,1-3H3,(H2,10,12). The van der Waals surface area contributed by atoms with Crippen LogP contribution in [0.15, 0.2) is 6.20 Å². The maximum atomic E-state index is 5.75. The van der Waals surface area contributed by atoms with E-state index >= 15 is 0 Å². The summed E-state index contributed by atoms with van der Waals surface area (Å²) in [5.74, 6) is 0.513. The lowest BCUT2D eigenvalue weighted by Gasteiger charge is -1.98. The zero-order valence-electron chi connectivity index (χ0n) is 8.00. The molecule has 0 amide bonds. The largest absolute Gasteiger partial charge is 0.382 e. The van der Waals surface area contributed by atoms with E-state index < -0.39 is 0 Å². The highest BCUT2D eigenvalue weighted by Gasteiger charge is 2.09. The van der Waals surface area contributed by atoms with Crippen molar-refractivity contribution in [2.24, 2.45) is 7.05 Å². The van der Waals surface area contributed by atoms with E-state index in [4.69, 9.17) is 5.73 Å². The van der Waals surface area contributed by atoms with Gasteiger partial charge in [0.2, 0.25) is 0 Å². The van der Waals surface area contributed by atoms with Gasteiger partial charge in [0.25, 0.3) is 0 Å². The minimum absolute atomic E-state index is 0.513. The Labute approximate surface area is 76.4 Å². The van der Waals surface area contributed by atoms with E-state index in [9.17, 15) is 0 Å². The van der Waals surface area contributed by atoms with E-state index in [1.54, 1.807) is 0 Å². The summed E-state index contributed by atoms with van der Waals surface area (Å²) in [5, 5.41) is 9.98. The van der Waals surface area contributed by atoms with Gasteiger partial charge in [-0.25, -0.2) is 0 Å². The molecule has 2 heterocycles.